The zero-order chi connectivity index (χ0) is 19.6. The number of amides is 1. The molecule has 138 valence electrons. The Kier molecular flexibility index (Phi) is 4.89. The number of nitrogens with one attached hydrogen (secondary N) is 2. The number of rotatable bonds is 5. The van der Waals surface area contributed by atoms with Gasteiger partial charge in [-0.15, -0.1) is 0 Å². The largest absolute Gasteiger partial charge is 0.479 e. The number of fused-ring (bicyclic) bond motifs is 1. The summed E-state index contributed by atoms with van der Waals surface area (Å²) in [7, 11) is 0. The Hall–Kier alpha value is -3.68. The van der Waals surface area contributed by atoms with Crippen molar-refractivity contribution in [1.29, 1.82) is 0 Å². The maximum absolute atomic E-state index is 12.6. The molecule has 3 N–H and O–H groups in total. The van der Waals surface area contributed by atoms with Gasteiger partial charge in [-0.2, -0.15) is 0 Å². The van der Waals surface area contributed by atoms with E-state index in [-0.39, 0.29) is 5.39 Å². The summed E-state index contributed by atoms with van der Waals surface area (Å²) >= 11 is 0. The van der Waals surface area contributed by atoms with Crippen molar-refractivity contribution in [2.45, 2.75) is 19.0 Å². The quantitative estimate of drug-likeness (QED) is 0.625. The van der Waals surface area contributed by atoms with Gasteiger partial charge in [0, 0.05) is 0 Å². The molecule has 0 saturated carbocycles. The van der Waals surface area contributed by atoms with E-state index in [9.17, 15) is 24.3 Å². The van der Waals surface area contributed by atoms with Gasteiger partial charge in [0.05, 0.1) is 10.9 Å². The molecule has 0 unspecified atom stereocenters. The topological polar surface area (TPSA) is 121 Å². The molecule has 0 radical (unpaired) electrons. The summed E-state index contributed by atoms with van der Waals surface area (Å²) in [6.07, 6.45) is 0. The first kappa shape index (κ1) is 18.1. The third kappa shape index (κ3) is 3.50. The molecule has 3 aromatic rings. The van der Waals surface area contributed by atoms with Crippen LogP contribution < -0.4 is 16.6 Å². The van der Waals surface area contributed by atoms with Crippen molar-refractivity contribution < 1.29 is 14.7 Å². The Morgan fingerprint density at radius 3 is 2.33 bits per heavy atom. The summed E-state index contributed by atoms with van der Waals surface area (Å²) in [6, 6.07) is 12.1. The van der Waals surface area contributed by atoms with Crippen LogP contribution in [0.5, 0.6) is 0 Å². The minimum atomic E-state index is -1.30. The zero-order valence-corrected chi connectivity index (χ0v) is 14.4. The molecule has 1 aromatic heterocycles. The lowest BCUT2D eigenvalue weighted by molar-refractivity contribution is -0.142. The summed E-state index contributed by atoms with van der Waals surface area (Å²) in [6.45, 7) is 1.37. The molecule has 0 bridgehead atoms. The maximum atomic E-state index is 12.6. The van der Waals surface area contributed by atoms with Gasteiger partial charge in [-0.05, 0) is 24.6 Å². The van der Waals surface area contributed by atoms with E-state index in [0.717, 1.165) is 4.57 Å². The van der Waals surface area contributed by atoms with Gasteiger partial charge < -0.3 is 15.4 Å². The molecule has 2 atom stereocenters. The second kappa shape index (κ2) is 7.28. The standard InChI is InChI=1S/C19H17N3O5/c1-11(16(23)21-15(18(25)26)12-7-3-2-4-8-12)22-17(24)13-9-5-6-10-14(13)20-19(22)27/h2-11,15H,1H3,(H,20,27)(H,21,23)(H,25,26)/t11-,15+/m1/s1. The fourth-order valence-corrected chi connectivity index (χ4v) is 2.84. The van der Waals surface area contributed by atoms with Gasteiger partial charge in [-0.3, -0.25) is 9.59 Å². The third-order valence-electron chi connectivity index (χ3n) is 4.27. The molecule has 0 aliphatic rings. The van der Waals surface area contributed by atoms with Crippen molar-refractivity contribution in [3.05, 3.63) is 81.0 Å². The smallest absolute Gasteiger partial charge is 0.330 e. The molecule has 0 fully saturated rings. The molecule has 0 aliphatic carbocycles. The number of H-pyrrole nitrogens is 1. The van der Waals surface area contributed by atoms with Crippen LogP contribution in [0.2, 0.25) is 0 Å². The summed E-state index contributed by atoms with van der Waals surface area (Å²) < 4.78 is 0.779. The van der Waals surface area contributed by atoms with Crippen molar-refractivity contribution in [3.63, 3.8) is 0 Å². The predicted molar refractivity (Wildman–Crippen MR) is 98.5 cm³/mol. The molecular formula is C19H17N3O5. The molecule has 0 aliphatic heterocycles. The molecule has 0 spiro atoms. The minimum absolute atomic E-state index is 0.259. The highest BCUT2D eigenvalue weighted by molar-refractivity contribution is 5.87. The third-order valence-corrected chi connectivity index (χ3v) is 4.27. The van der Waals surface area contributed by atoms with E-state index in [0.29, 0.717) is 11.1 Å². The van der Waals surface area contributed by atoms with Gasteiger partial charge in [0.15, 0.2) is 6.04 Å². The first-order valence-electron chi connectivity index (χ1n) is 8.22. The van der Waals surface area contributed by atoms with Crippen LogP contribution in [0.25, 0.3) is 10.9 Å². The zero-order valence-electron chi connectivity index (χ0n) is 14.4. The van der Waals surface area contributed by atoms with Crippen LogP contribution in [-0.4, -0.2) is 26.5 Å². The number of nitrogens with zero attached hydrogens (tertiary/aromatic N) is 1. The van der Waals surface area contributed by atoms with Crippen LogP contribution in [0.1, 0.15) is 24.6 Å². The molecule has 8 nitrogen and oxygen atoms in total. The highest BCUT2D eigenvalue weighted by Gasteiger charge is 2.27. The second-order valence-corrected chi connectivity index (χ2v) is 6.02. The Labute approximate surface area is 153 Å². The van der Waals surface area contributed by atoms with Gasteiger partial charge in [0.25, 0.3) is 5.56 Å². The first-order chi connectivity index (χ1) is 12.9. The van der Waals surface area contributed by atoms with Crippen molar-refractivity contribution in [3.8, 4) is 0 Å². The van der Waals surface area contributed by atoms with Crippen molar-refractivity contribution >= 4 is 22.8 Å². The molecule has 1 heterocycles. The molecule has 1 amide bonds. The number of carboxylic acid groups (broad SMARTS) is 1. The monoisotopic (exact) mass is 367 g/mol. The molecule has 27 heavy (non-hydrogen) atoms. The number of para-hydroxylation sites is 1. The molecular weight excluding hydrogens is 350 g/mol. The molecule has 3 rings (SSSR count). The van der Waals surface area contributed by atoms with E-state index in [4.69, 9.17) is 0 Å². The maximum Gasteiger partial charge on any atom is 0.330 e. The van der Waals surface area contributed by atoms with Gasteiger partial charge in [-0.1, -0.05) is 42.5 Å². The lowest BCUT2D eigenvalue weighted by Crippen LogP contribution is -2.45. The normalized spacial score (nSPS) is 13.1. The number of aliphatic carboxylic acids is 1. The summed E-state index contributed by atoms with van der Waals surface area (Å²) in [4.78, 5) is 51.6. The summed E-state index contributed by atoms with van der Waals surface area (Å²) in [5, 5.41) is 12.1. The van der Waals surface area contributed by atoms with E-state index in [2.05, 4.69) is 10.3 Å². The number of aromatic amines is 1. The fourth-order valence-electron chi connectivity index (χ4n) is 2.84. The van der Waals surface area contributed by atoms with Crippen molar-refractivity contribution in [2.24, 2.45) is 0 Å². The van der Waals surface area contributed by atoms with Gasteiger partial charge >= 0.3 is 11.7 Å². The summed E-state index contributed by atoms with van der Waals surface area (Å²) in [5.74, 6) is -2.00. The van der Waals surface area contributed by atoms with Crippen LogP contribution in [0, 0.1) is 0 Å². The van der Waals surface area contributed by atoms with E-state index >= 15 is 0 Å². The van der Waals surface area contributed by atoms with Gasteiger partial charge in [0.1, 0.15) is 6.04 Å². The van der Waals surface area contributed by atoms with Gasteiger partial charge in [-0.25, -0.2) is 14.2 Å². The van der Waals surface area contributed by atoms with E-state index in [1.807, 2.05) is 0 Å². The second-order valence-electron chi connectivity index (χ2n) is 6.02. The number of carbonyl (C=O) groups is 2. The Morgan fingerprint density at radius 2 is 1.67 bits per heavy atom. The molecule has 2 aromatic carbocycles. The predicted octanol–water partition coefficient (Wildman–Crippen LogP) is 1.19. The minimum Gasteiger partial charge on any atom is -0.479 e. The van der Waals surface area contributed by atoms with Crippen LogP contribution in [0.3, 0.4) is 0 Å². The number of aromatic nitrogens is 2. The van der Waals surface area contributed by atoms with E-state index in [1.54, 1.807) is 54.6 Å². The van der Waals surface area contributed by atoms with Crippen LogP contribution in [0.15, 0.2) is 64.2 Å². The van der Waals surface area contributed by atoms with E-state index in [1.165, 1.54) is 6.92 Å². The average molecular weight is 367 g/mol. The van der Waals surface area contributed by atoms with Crippen LogP contribution >= 0.6 is 0 Å². The average Bonchev–Trinajstić information content (AvgIpc) is 2.66. The number of hydrogen-bond donors (Lipinski definition) is 3. The number of carbonyl (C=O) groups excluding carboxylic acids is 1. The van der Waals surface area contributed by atoms with Crippen LogP contribution in [0.4, 0.5) is 0 Å². The van der Waals surface area contributed by atoms with Gasteiger partial charge in [0.2, 0.25) is 5.91 Å². The molecule has 8 heteroatoms. The Morgan fingerprint density at radius 1 is 1.04 bits per heavy atom. The molecule has 0 saturated heterocycles. The fraction of sp³-hybridized carbons (Fsp3) is 0.158. The Balaban J connectivity index is 1.96. The first-order valence-corrected chi connectivity index (χ1v) is 8.22. The number of benzene rings is 2. The lowest BCUT2D eigenvalue weighted by Gasteiger charge is -2.19. The van der Waals surface area contributed by atoms with Crippen molar-refractivity contribution in [2.75, 3.05) is 0 Å². The van der Waals surface area contributed by atoms with Crippen LogP contribution in [-0.2, 0) is 9.59 Å². The SMILES string of the molecule is C[C@H](C(=O)N[C@H](C(=O)O)c1ccccc1)n1c(=O)[nH]c2ccccc2c1=O. The number of carboxylic acids is 1. The highest BCUT2D eigenvalue weighted by atomic mass is 16.4. The number of hydrogen-bond acceptors (Lipinski definition) is 4. The lowest BCUT2D eigenvalue weighted by atomic mass is 10.1. The highest BCUT2D eigenvalue weighted by Crippen LogP contribution is 2.14. The van der Waals surface area contributed by atoms with E-state index < -0.39 is 35.2 Å². The van der Waals surface area contributed by atoms with Crippen molar-refractivity contribution in [1.82, 2.24) is 14.9 Å². The summed E-state index contributed by atoms with van der Waals surface area (Å²) in [5.41, 5.74) is -0.620. The Bertz CT molecular complexity index is 1120.